The molecule has 3 heteroatoms. The quantitative estimate of drug-likeness (QED) is 0.790. The first kappa shape index (κ1) is 15.5. The van der Waals surface area contributed by atoms with Gasteiger partial charge in [-0.3, -0.25) is 9.69 Å². The Kier molecular flexibility index (Phi) is 6.13. The molecule has 0 atom stereocenters. The van der Waals surface area contributed by atoms with Crippen LogP contribution in [0.15, 0.2) is 0 Å². The van der Waals surface area contributed by atoms with Gasteiger partial charge in [0, 0.05) is 5.54 Å². The Morgan fingerprint density at radius 3 is 2.39 bits per heavy atom. The fourth-order valence-corrected chi connectivity index (χ4v) is 2.45. The summed E-state index contributed by atoms with van der Waals surface area (Å²) in [6.45, 7) is 11.5. The number of carbonyl (C=O) groups excluding carboxylic acids is 1. The lowest BCUT2D eigenvalue weighted by Gasteiger charge is -2.30. The van der Waals surface area contributed by atoms with Gasteiger partial charge in [-0.05, 0) is 58.5 Å². The Balaban J connectivity index is 2.28. The van der Waals surface area contributed by atoms with Gasteiger partial charge in [-0.1, -0.05) is 20.3 Å². The lowest BCUT2D eigenvalue weighted by molar-refractivity contribution is -0.124. The van der Waals surface area contributed by atoms with E-state index in [1.165, 1.54) is 19.3 Å². The highest BCUT2D eigenvalue weighted by Gasteiger charge is 2.22. The molecule has 1 heterocycles. The molecule has 1 fully saturated rings. The van der Waals surface area contributed by atoms with Crippen LogP contribution in [0.4, 0.5) is 0 Å². The SMILES string of the molecule is CC(C)CCC(C)(C)NC(=O)CN1CCCCC1. The topological polar surface area (TPSA) is 32.3 Å². The van der Waals surface area contributed by atoms with Crippen molar-refractivity contribution < 1.29 is 4.79 Å². The van der Waals surface area contributed by atoms with Crippen LogP contribution in [0, 0.1) is 5.92 Å². The van der Waals surface area contributed by atoms with E-state index in [0.29, 0.717) is 12.5 Å². The summed E-state index contributed by atoms with van der Waals surface area (Å²) < 4.78 is 0. The van der Waals surface area contributed by atoms with E-state index in [9.17, 15) is 4.79 Å². The second kappa shape index (κ2) is 7.13. The summed E-state index contributed by atoms with van der Waals surface area (Å²) in [7, 11) is 0. The molecule has 0 aromatic heterocycles. The van der Waals surface area contributed by atoms with Crippen molar-refractivity contribution in [2.75, 3.05) is 19.6 Å². The van der Waals surface area contributed by atoms with Gasteiger partial charge in [-0.25, -0.2) is 0 Å². The standard InChI is InChI=1S/C15H30N2O/c1-13(2)8-9-15(3,4)16-14(18)12-17-10-6-5-7-11-17/h13H,5-12H2,1-4H3,(H,16,18). The molecule has 0 radical (unpaired) electrons. The molecular formula is C15H30N2O. The molecule has 1 amide bonds. The van der Waals surface area contributed by atoms with Gasteiger partial charge in [0.1, 0.15) is 0 Å². The van der Waals surface area contributed by atoms with Crippen molar-refractivity contribution in [3.05, 3.63) is 0 Å². The minimum Gasteiger partial charge on any atom is -0.350 e. The minimum absolute atomic E-state index is 0.0723. The Bertz CT molecular complexity index is 255. The maximum Gasteiger partial charge on any atom is 0.234 e. The van der Waals surface area contributed by atoms with Crippen LogP contribution >= 0.6 is 0 Å². The smallest absolute Gasteiger partial charge is 0.234 e. The van der Waals surface area contributed by atoms with Gasteiger partial charge >= 0.3 is 0 Å². The monoisotopic (exact) mass is 254 g/mol. The number of rotatable bonds is 6. The molecule has 1 aliphatic rings. The van der Waals surface area contributed by atoms with E-state index >= 15 is 0 Å². The fourth-order valence-electron chi connectivity index (χ4n) is 2.45. The number of nitrogens with zero attached hydrogens (tertiary/aromatic N) is 1. The molecule has 0 unspecified atom stereocenters. The molecular weight excluding hydrogens is 224 g/mol. The van der Waals surface area contributed by atoms with Crippen LogP contribution in [0.25, 0.3) is 0 Å². The first-order valence-corrected chi connectivity index (χ1v) is 7.42. The number of nitrogens with one attached hydrogen (secondary N) is 1. The lowest BCUT2D eigenvalue weighted by atomic mass is 9.94. The predicted octanol–water partition coefficient (Wildman–Crippen LogP) is 2.80. The van der Waals surface area contributed by atoms with Crippen LogP contribution in [0.1, 0.15) is 59.8 Å². The van der Waals surface area contributed by atoms with Gasteiger partial charge in [0.2, 0.25) is 5.91 Å². The van der Waals surface area contributed by atoms with Crippen molar-refractivity contribution in [2.45, 2.75) is 65.3 Å². The third kappa shape index (κ3) is 6.39. The molecule has 18 heavy (non-hydrogen) atoms. The molecule has 1 saturated heterocycles. The van der Waals surface area contributed by atoms with Crippen LogP contribution < -0.4 is 5.32 Å². The highest BCUT2D eigenvalue weighted by atomic mass is 16.2. The van der Waals surface area contributed by atoms with Crippen molar-refractivity contribution in [2.24, 2.45) is 5.92 Å². The van der Waals surface area contributed by atoms with E-state index in [-0.39, 0.29) is 11.4 Å². The van der Waals surface area contributed by atoms with Gasteiger partial charge in [-0.15, -0.1) is 0 Å². The van der Waals surface area contributed by atoms with Crippen LogP contribution in [-0.2, 0) is 4.79 Å². The highest BCUT2D eigenvalue weighted by Crippen LogP contribution is 2.16. The second-order valence-corrected chi connectivity index (χ2v) is 6.70. The first-order valence-electron chi connectivity index (χ1n) is 7.42. The van der Waals surface area contributed by atoms with Crippen molar-refractivity contribution >= 4 is 5.91 Å². The maximum atomic E-state index is 12.0. The Hall–Kier alpha value is -0.570. The van der Waals surface area contributed by atoms with Gasteiger partial charge in [0.25, 0.3) is 0 Å². The van der Waals surface area contributed by atoms with Gasteiger partial charge in [0.05, 0.1) is 6.54 Å². The summed E-state index contributed by atoms with van der Waals surface area (Å²) in [5.74, 6) is 0.883. The van der Waals surface area contributed by atoms with Crippen molar-refractivity contribution in [3.8, 4) is 0 Å². The summed E-state index contributed by atoms with van der Waals surface area (Å²) in [6.07, 6.45) is 6.01. The average molecular weight is 254 g/mol. The average Bonchev–Trinajstić information content (AvgIpc) is 2.27. The van der Waals surface area contributed by atoms with Crippen LogP contribution in [0.3, 0.4) is 0 Å². The summed E-state index contributed by atoms with van der Waals surface area (Å²) in [5, 5.41) is 3.18. The number of likely N-dealkylation sites (tertiary alicyclic amines) is 1. The third-order valence-electron chi connectivity index (χ3n) is 3.64. The minimum atomic E-state index is -0.0723. The predicted molar refractivity (Wildman–Crippen MR) is 76.6 cm³/mol. The van der Waals surface area contributed by atoms with Crippen molar-refractivity contribution in [1.29, 1.82) is 0 Å². The summed E-state index contributed by atoms with van der Waals surface area (Å²) in [4.78, 5) is 14.3. The molecule has 3 nitrogen and oxygen atoms in total. The summed E-state index contributed by atoms with van der Waals surface area (Å²) >= 11 is 0. The molecule has 0 saturated carbocycles. The zero-order valence-electron chi connectivity index (χ0n) is 12.6. The molecule has 106 valence electrons. The Morgan fingerprint density at radius 2 is 1.83 bits per heavy atom. The largest absolute Gasteiger partial charge is 0.350 e. The molecule has 1 N–H and O–H groups in total. The molecule has 0 bridgehead atoms. The molecule has 0 spiro atoms. The second-order valence-electron chi connectivity index (χ2n) is 6.70. The van der Waals surface area contributed by atoms with Gasteiger partial charge in [0.15, 0.2) is 0 Å². The molecule has 1 aliphatic heterocycles. The number of carbonyl (C=O) groups is 1. The van der Waals surface area contributed by atoms with E-state index < -0.39 is 0 Å². The van der Waals surface area contributed by atoms with E-state index in [2.05, 4.69) is 37.9 Å². The molecule has 0 aromatic rings. The van der Waals surface area contributed by atoms with E-state index in [1.807, 2.05) is 0 Å². The van der Waals surface area contributed by atoms with Crippen LogP contribution in [-0.4, -0.2) is 36.0 Å². The van der Waals surface area contributed by atoms with Gasteiger partial charge < -0.3 is 5.32 Å². The van der Waals surface area contributed by atoms with E-state index in [4.69, 9.17) is 0 Å². The molecule has 0 aromatic carbocycles. The Morgan fingerprint density at radius 1 is 1.22 bits per heavy atom. The van der Waals surface area contributed by atoms with E-state index in [0.717, 1.165) is 25.9 Å². The zero-order chi connectivity index (χ0) is 13.6. The normalized spacial score (nSPS) is 18.1. The number of hydrogen-bond donors (Lipinski definition) is 1. The summed E-state index contributed by atoms with van der Waals surface area (Å²) in [6, 6.07) is 0. The fraction of sp³-hybridized carbons (Fsp3) is 0.933. The van der Waals surface area contributed by atoms with Gasteiger partial charge in [-0.2, -0.15) is 0 Å². The van der Waals surface area contributed by atoms with Crippen LogP contribution in [0.2, 0.25) is 0 Å². The number of hydrogen-bond acceptors (Lipinski definition) is 2. The Labute approximate surface area is 112 Å². The van der Waals surface area contributed by atoms with E-state index in [1.54, 1.807) is 0 Å². The highest BCUT2D eigenvalue weighted by molar-refractivity contribution is 5.78. The third-order valence-corrected chi connectivity index (χ3v) is 3.64. The molecule has 0 aliphatic carbocycles. The number of piperidine rings is 1. The van der Waals surface area contributed by atoms with Crippen LogP contribution in [0.5, 0.6) is 0 Å². The zero-order valence-corrected chi connectivity index (χ0v) is 12.6. The maximum absolute atomic E-state index is 12.0. The summed E-state index contributed by atoms with van der Waals surface area (Å²) in [5.41, 5.74) is -0.0723. The van der Waals surface area contributed by atoms with Crippen molar-refractivity contribution in [3.63, 3.8) is 0 Å². The molecule has 1 rings (SSSR count). The van der Waals surface area contributed by atoms with Crippen molar-refractivity contribution in [1.82, 2.24) is 10.2 Å². The number of amides is 1. The lowest BCUT2D eigenvalue weighted by Crippen LogP contribution is -2.48. The first-order chi connectivity index (χ1) is 8.39.